The van der Waals surface area contributed by atoms with Gasteiger partial charge in [0.25, 0.3) is 26.9 Å². The van der Waals surface area contributed by atoms with Crippen LogP contribution in [0.5, 0.6) is 5.75 Å². The molecule has 38 heavy (non-hydrogen) atoms. The van der Waals surface area contributed by atoms with Gasteiger partial charge in [-0.15, -0.1) is 21.5 Å². The van der Waals surface area contributed by atoms with Crippen LogP contribution in [-0.4, -0.2) is 37.1 Å². The predicted octanol–water partition coefficient (Wildman–Crippen LogP) is 4.57. The second kappa shape index (κ2) is 11.8. The van der Waals surface area contributed by atoms with Crippen LogP contribution in [0, 0.1) is 37.8 Å². The van der Waals surface area contributed by atoms with Crippen LogP contribution in [0.3, 0.4) is 0 Å². The molecule has 0 bridgehead atoms. The van der Waals surface area contributed by atoms with Crippen molar-refractivity contribution in [2.45, 2.75) is 45.4 Å². The van der Waals surface area contributed by atoms with E-state index in [1.54, 1.807) is 26.8 Å². The molecular formula is C22H23ClN4O9S2. The fraction of sp³-hybridized carbons (Fsp3) is 0.318. The Kier molecular flexibility index (Phi) is 8.96. The summed E-state index contributed by atoms with van der Waals surface area (Å²) in [7, 11) is -4.26. The highest BCUT2D eigenvalue weighted by molar-refractivity contribution is 7.93. The summed E-state index contributed by atoms with van der Waals surface area (Å²) >= 11 is 6.91. The van der Waals surface area contributed by atoms with E-state index < -0.39 is 27.0 Å². The molecule has 0 aliphatic rings. The molecule has 13 nitrogen and oxygen atoms in total. The number of aryl methyl sites for hydroxylation is 3. The van der Waals surface area contributed by atoms with Crippen molar-refractivity contribution in [3.8, 4) is 5.75 Å². The van der Waals surface area contributed by atoms with Gasteiger partial charge in [-0.2, -0.15) is 0 Å². The summed E-state index contributed by atoms with van der Waals surface area (Å²) in [6.45, 7) is 6.37. The number of esters is 1. The molecule has 0 saturated carbocycles. The lowest BCUT2D eigenvalue weighted by Crippen LogP contribution is -2.19. The average Bonchev–Trinajstić information content (AvgIpc) is 3.45. The SMILES string of the molecule is Cc1cc(C)c(OC(=O)CCCO[N+](=O)[O-])c(C)c1NC(=O)c1sccc1S(=O)(=O)Nc1onc(C)c1Cl. The summed E-state index contributed by atoms with van der Waals surface area (Å²) in [6.07, 6.45) is -0.0453. The Morgan fingerprint density at radius 3 is 2.58 bits per heavy atom. The van der Waals surface area contributed by atoms with Crippen molar-refractivity contribution in [2.75, 3.05) is 16.6 Å². The summed E-state index contributed by atoms with van der Waals surface area (Å²) in [5.74, 6) is -1.40. The van der Waals surface area contributed by atoms with Crippen molar-refractivity contribution in [3.05, 3.63) is 59.9 Å². The number of benzene rings is 1. The quantitative estimate of drug-likeness (QED) is 0.106. The summed E-state index contributed by atoms with van der Waals surface area (Å²) in [5.41, 5.74) is 2.33. The highest BCUT2D eigenvalue weighted by Gasteiger charge is 2.28. The Hall–Kier alpha value is -3.69. The number of nitrogens with zero attached hydrogens (tertiary/aromatic N) is 2. The molecule has 0 saturated heterocycles. The Bertz CT molecular complexity index is 1500. The predicted molar refractivity (Wildman–Crippen MR) is 138 cm³/mol. The summed E-state index contributed by atoms with van der Waals surface area (Å²) < 4.78 is 38.5. The lowest BCUT2D eigenvalue weighted by atomic mass is 10.0. The average molecular weight is 587 g/mol. The maximum Gasteiger partial charge on any atom is 0.311 e. The van der Waals surface area contributed by atoms with Crippen LogP contribution >= 0.6 is 22.9 Å². The Balaban J connectivity index is 1.81. The number of aromatic nitrogens is 1. The normalized spacial score (nSPS) is 11.2. The van der Waals surface area contributed by atoms with Crippen LogP contribution in [0.2, 0.25) is 5.02 Å². The smallest absolute Gasteiger partial charge is 0.311 e. The van der Waals surface area contributed by atoms with Crippen molar-refractivity contribution in [2.24, 2.45) is 0 Å². The van der Waals surface area contributed by atoms with E-state index in [9.17, 15) is 28.1 Å². The van der Waals surface area contributed by atoms with Gasteiger partial charge in [-0.25, -0.2) is 13.1 Å². The Morgan fingerprint density at radius 2 is 1.95 bits per heavy atom. The minimum Gasteiger partial charge on any atom is -0.426 e. The van der Waals surface area contributed by atoms with Crippen molar-refractivity contribution in [3.63, 3.8) is 0 Å². The molecule has 16 heteroatoms. The van der Waals surface area contributed by atoms with Crippen LogP contribution < -0.4 is 14.8 Å². The molecule has 2 heterocycles. The summed E-state index contributed by atoms with van der Waals surface area (Å²) in [6, 6.07) is 2.96. The topological polar surface area (TPSA) is 180 Å². The van der Waals surface area contributed by atoms with E-state index in [0.717, 1.165) is 11.3 Å². The number of carbonyl (C=O) groups is 2. The maximum atomic E-state index is 13.2. The number of rotatable bonds is 11. The van der Waals surface area contributed by atoms with E-state index in [0.29, 0.717) is 28.1 Å². The largest absolute Gasteiger partial charge is 0.426 e. The number of thiophene rings is 1. The third-order valence-electron chi connectivity index (χ3n) is 5.22. The lowest BCUT2D eigenvalue weighted by Gasteiger charge is -2.18. The standard InChI is InChI=1S/C22H23ClN4O9S2/c1-11-10-12(2)19(35-16(28)6-5-8-34-27(30)31)13(3)18(11)24-21(29)20-15(7-9-37-20)38(32,33)26-22-17(23)14(4)25-36-22/h7,9-10,26H,5-6,8H2,1-4H3,(H,24,29). The van der Waals surface area contributed by atoms with E-state index >= 15 is 0 Å². The highest BCUT2D eigenvalue weighted by atomic mass is 35.5. The highest BCUT2D eigenvalue weighted by Crippen LogP contribution is 2.35. The maximum absolute atomic E-state index is 13.2. The zero-order valence-corrected chi connectivity index (χ0v) is 23.0. The number of ether oxygens (including phenoxy) is 1. The molecule has 1 amide bonds. The first-order chi connectivity index (χ1) is 17.8. The molecule has 0 aliphatic heterocycles. The number of sulfonamides is 1. The molecule has 0 spiro atoms. The number of amides is 1. The fourth-order valence-corrected chi connectivity index (χ4v) is 5.97. The lowest BCUT2D eigenvalue weighted by molar-refractivity contribution is -0.757. The molecule has 0 atom stereocenters. The summed E-state index contributed by atoms with van der Waals surface area (Å²) in [5, 5.41) is 17.0. The van der Waals surface area contributed by atoms with Crippen LogP contribution in [0.4, 0.5) is 11.6 Å². The van der Waals surface area contributed by atoms with Gasteiger partial charge in [0.15, 0.2) is 0 Å². The number of anilines is 2. The van der Waals surface area contributed by atoms with Crippen molar-refractivity contribution < 1.29 is 37.2 Å². The molecule has 1 aromatic carbocycles. The van der Waals surface area contributed by atoms with Crippen molar-refractivity contribution in [1.82, 2.24) is 5.16 Å². The third kappa shape index (κ3) is 6.59. The molecule has 0 radical (unpaired) electrons. The first-order valence-electron chi connectivity index (χ1n) is 10.9. The van der Waals surface area contributed by atoms with Gasteiger partial charge < -0.3 is 19.4 Å². The second-order valence-electron chi connectivity index (χ2n) is 8.06. The zero-order valence-electron chi connectivity index (χ0n) is 20.6. The van der Waals surface area contributed by atoms with Gasteiger partial charge in [0.05, 0.1) is 12.3 Å². The minimum absolute atomic E-state index is 0.00639. The van der Waals surface area contributed by atoms with Gasteiger partial charge >= 0.3 is 5.97 Å². The molecule has 3 rings (SSSR count). The second-order valence-corrected chi connectivity index (χ2v) is 11.0. The number of halogens is 1. The van der Waals surface area contributed by atoms with Gasteiger partial charge in [-0.1, -0.05) is 22.8 Å². The number of hydrogen-bond acceptors (Lipinski definition) is 11. The third-order valence-corrected chi connectivity index (χ3v) is 8.08. The monoisotopic (exact) mass is 586 g/mol. The number of nitrogens with one attached hydrogen (secondary N) is 2. The van der Waals surface area contributed by atoms with E-state index in [4.69, 9.17) is 20.9 Å². The van der Waals surface area contributed by atoms with Gasteiger partial charge in [0.1, 0.15) is 26.2 Å². The van der Waals surface area contributed by atoms with Crippen molar-refractivity contribution >= 4 is 56.4 Å². The fourth-order valence-electron chi connectivity index (χ4n) is 3.48. The van der Waals surface area contributed by atoms with E-state index in [1.807, 2.05) is 0 Å². The Morgan fingerprint density at radius 1 is 1.24 bits per heavy atom. The van der Waals surface area contributed by atoms with Crippen LogP contribution in [0.25, 0.3) is 0 Å². The van der Waals surface area contributed by atoms with E-state index in [1.165, 1.54) is 18.4 Å². The number of hydrogen-bond donors (Lipinski definition) is 2. The molecule has 3 aromatic rings. The first kappa shape index (κ1) is 28.9. The van der Waals surface area contributed by atoms with Crippen LogP contribution in [0.15, 0.2) is 26.9 Å². The molecule has 0 unspecified atom stereocenters. The van der Waals surface area contributed by atoms with Gasteiger partial charge in [0, 0.05) is 12.0 Å². The minimum atomic E-state index is -4.26. The molecule has 0 fully saturated rings. The zero-order chi connectivity index (χ0) is 28.2. The van der Waals surface area contributed by atoms with Gasteiger partial charge in [-0.3, -0.25) is 9.59 Å². The molecule has 2 aromatic heterocycles. The van der Waals surface area contributed by atoms with Crippen molar-refractivity contribution in [1.29, 1.82) is 0 Å². The van der Waals surface area contributed by atoms with Crippen LogP contribution in [0.1, 0.15) is 44.9 Å². The Labute approximate surface area is 226 Å². The first-order valence-corrected chi connectivity index (χ1v) is 13.7. The molecule has 2 N–H and O–H groups in total. The molecule has 0 aliphatic carbocycles. The summed E-state index contributed by atoms with van der Waals surface area (Å²) in [4.78, 5) is 39.5. The van der Waals surface area contributed by atoms with E-state index in [2.05, 4.69) is 20.0 Å². The number of carbonyl (C=O) groups excluding carboxylic acids is 2. The van der Waals surface area contributed by atoms with Crippen LogP contribution in [-0.2, 0) is 19.7 Å². The molecular weight excluding hydrogens is 564 g/mol. The van der Waals surface area contributed by atoms with E-state index in [-0.39, 0.29) is 45.9 Å². The van der Waals surface area contributed by atoms with Gasteiger partial charge in [0.2, 0.25) is 0 Å². The van der Waals surface area contributed by atoms with Gasteiger partial charge in [-0.05, 0) is 56.7 Å². The molecule has 204 valence electrons.